The molecule has 0 saturated heterocycles. The molecule has 0 radical (unpaired) electrons. The first-order valence-corrected chi connectivity index (χ1v) is 7.79. The van der Waals surface area contributed by atoms with Gasteiger partial charge in [-0.25, -0.2) is 0 Å². The van der Waals surface area contributed by atoms with Crippen LogP contribution in [0.5, 0.6) is 0 Å². The molecule has 0 aliphatic carbocycles. The van der Waals surface area contributed by atoms with Crippen LogP contribution in [0.15, 0.2) is 42.6 Å². The standard InChI is InChI=1S/C17H12Cl2F3NO/c1-10-2-3-23-15(4-10)11-8-16(24-9-11,17(20,21)22)12-5-13(18)7-14(19)6-12/h2-8H,9H2,1H3. The number of rotatable bonds is 2. The summed E-state index contributed by atoms with van der Waals surface area (Å²) in [6.45, 7) is 1.63. The van der Waals surface area contributed by atoms with Crippen LogP contribution in [0.3, 0.4) is 0 Å². The van der Waals surface area contributed by atoms with Crippen molar-refractivity contribution in [1.82, 2.24) is 4.98 Å². The summed E-state index contributed by atoms with van der Waals surface area (Å²) in [7, 11) is 0. The van der Waals surface area contributed by atoms with Gasteiger partial charge in [0, 0.05) is 21.8 Å². The summed E-state index contributed by atoms with van der Waals surface area (Å²) in [6, 6.07) is 7.28. The van der Waals surface area contributed by atoms with E-state index in [-0.39, 0.29) is 22.2 Å². The molecule has 2 aromatic rings. The summed E-state index contributed by atoms with van der Waals surface area (Å²) in [6.07, 6.45) is -2.07. The Balaban J connectivity index is 2.15. The fourth-order valence-corrected chi connectivity index (χ4v) is 3.17. The Labute approximate surface area is 146 Å². The first-order valence-electron chi connectivity index (χ1n) is 7.03. The second-order valence-corrected chi connectivity index (χ2v) is 6.44. The third kappa shape index (κ3) is 3.04. The van der Waals surface area contributed by atoms with E-state index >= 15 is 0 Å². The normalized spacial score (nSPS) is 21.0. The summed E-state index contributed by atoms with van der Waals surface area (Å²) in [5.41, 5.74) is -1.03. The molecule has 2 heterocycles. The van der Waals surface area contributed by atoms with Crippen molar-refractivity contribution in [2.45, 2.75) is 18.7 Å². The maximum atomic E-state index is 13.9. The fraction of sp³-hybridized carbons (Fsp3) is 0.235. The lowest BCUT2D eigenvalue weighted by Gasteiger charge is -2.30. The molecule has 3 rings (SSSR count). The van der Waals surface area contributed by atoms with E-state index in [1.54, 1.807) is 18.3 Å². The maximum absolute atomic E-state index is 13.9. The molecule has 126 valence electrons. The topological polar surface area (TPSA) is 22.1 Å². The van der Waals surface area contributed by atoms with E-state index in [1.807, 2.05) is 6.92 Å². The van der Waals surface area contributed by atoms with E-state index < -0.39 is 11.8 Å². The van der Waals surface area contributed by atoms with Gasteiger partial charge in [0.25, 0.3) is 0 Å². The van der Waals surface area contributed by atoms with Crippen molar-refractivity contribution in [3.05, 3.63) is 69.5 Å². The average molecular weight is 374 g/mol. The van der Waals surface area contributed by atoms with Crippen LogP contribution in [0.1, 0.15) is 16.8 Å². The second kappa shape index (κ2) is 6.06. The number of pyridine rings is 1. The lowest BCUT2D eigenvalue weighted by molar-refractivity contribution is -0.254. The minimum atomic E-state index is -4.67. The third-order valence-corrected chi connectivity index (χ3v) is 4.23. The summed E-state index contributed by atoms with van der Waals surface area (Å²) >= 11 is 11.7. The zero-order chi connectivity index (χ0) is 17.5. The first kappa shape index (κ1) is 17.3. The molecule has 1 aromatic carbocycles. The first-order chi connectivity index (χ1) is 11.2. The molecule has 7 heteroatoms. The predicted octanol–water partition coefficient (Wildman–Crippen LogP) is 5.57. The van der Waals surface area contributed by atoms with Crippen LogP contribution < -0.4 is 0 Å². The number of aryl methyl sites for hydroxylation is 1. The van der Waals surface area contributed by atoms with Crippen molar-refractivity contribution in [3.8, 4) is 0 Å². The number of halogens is 5. The molecule has 0 fully saturated rings. The Bertz CT molecular complexity index is 799. The highest BCUT2D eigenvalue weighted by atomic mass is 35.5. The van der Waals surface area contributed by atoms with Gasteiger partial charge in [-0.1, -0.05) is 23.2 Å². The van der Waals surface area contributed by atoms with Gasteiger partial charge in [-0.3, -0.25) is 4.98 Å². The Kier molecular flexibility index (Phi) is 4.36. The fourth-order valence-electron chi connectivity index (χ4n) is 2.64. The van der Waals surface area contributed by atoms with Gasteiger partial charge < -0.3 is 4.74 Å². The molecule has 1 unspecified atom stereocenters. The highest BCUT2D eigenvalue weighted by molar-refractivity contribution is 6.34. The molecule has 1 aliphatic rings. The van der Waals surface area contributed by atoms with Crippen molar-refractivity contribution in [2.75, 3.05) is 6.61 Å². The van der Waals surface area contributed by atoms with E-state index in [1.165, 1.54) is 18.2 Å². The molecule has 0 amide bonds. The maximum Gasteiger partial charge on any atom is 0.425 e. The van der Waals surface area contributed by atoms with Crippen LogP contribution in [0.4, 0.5) is 13.2 Å². The van der Waals surface area contributed by atoms with Gasteiger partial charge in [-0.15, -0.1) is 0 Å². The van der Waals surface area contributed by atoms with Crippen LogP contribution in [0, 0.1) is 6.92 Å². The molecule has 24 heavy (non-hydrogen) atoms. The number of alkyl halides is 3. The number of nitrogens with zero attached hydrogens (tertiary/aromatic N) is 1. The largest absolute Gasteiger partial charge is 0.425 e. The smallest absolute Gasteiger partial charge is 0.352 e. The Morgan fingerprint density at radius 1 is 1.12 bits per heavy atom. The van der Waals surface area contributed by atoms with Crippen molar-refractivity contribution in [3.63, 3.8) is 0 Å². The number of aromatic nitrogens is 1. The van der Waals surface area contributed by atoms with Gasteiger partial charge in [0.05, 0.1) is 12.3 Å². The monoisotopic (exact) mass is 373 g/mol. The molecule has 2 nitrogen and oxygen atoms in total. The summed E-state index contributed by atoms with van der Waals surface area (Å²) in [5.74, 6) is 0. The lowest BCUT2D eigenvalue weighted by Crippen LogP contribution is -2.41. The predicted molar refractivity (Wildman–Crippen MR) is 87.1 cm³/mol. The Morgan fingerprint density at radius 3 is 2.38 bits per heavy atom. The van der Waals surface area contributed by atoms with Gasteiger partial charge in [0.15, 0.2) is 0 Å². The highest BCUT2D eigenvalue weighted by Gasteiger charge is 2.58. The van der Waals surface area contributed by atoms with Gasteiger partial charge in [-0.05, 0) is 54.5 Å². The number of benzene rings is 1. The highest BCUT2D eigenvalue weighted by Crippen LogP contribution is 2.49. The molecular formula is C17H12Cl2F3NO. The van der Waals surface area contributed by atoms with Crippen LogP contribution in [0.2, 0.25) is 10.0 Å². The quantitative estimate of drug-likeness (QED) is 0.686. The zero-order valence-electron chi connectivity index (χ0n) is 12.5. The summed E-state index contributed by atoms with van der Waals surface area (Å²) in [5, 5.41) is 0.223. The molecule has 1 atom stereocenters. The van der Waals surface area contributed by atoms with E-state index in [0.29, 0.717) is 11.3 Å². The molecule has 0 N–H and O–H groups in total. The molecule has 0 spiro atoms. The van der Waals surface area contributed by atoms with Gasteiger partial charge in [0.2, 0.25) is 5.60 Å². The minimum absolute atomic E-state index is 0.111. The van der Waals surface area contributed by atoms with Crippen molar-refractivity contribution >= 4 is 28.8 Å². The van der Waals surface area contributed by atoms with Crippen molar-refractivity contribution in [1.29, 1.82) is 0 Å². The molecule has 0 saturated carbocycles. The average Bonchev–Trinajstić information content (AvgIpc) is 2.92. The second-order valence-electron chi connectivity index (χ2n) is 5.57. The molecule has 0 bridgehead atoms. The van der Waals surface area contributed by atoms with Crippen molar-refractivity contribution in [2.24, 2.45) is 0 Å². The van der Waals surface area contributed by atoms with E-state index in [9.17, 15) is 13.2 Å². The third-order valence-electron chi connectivity index (χ3n) is 3.79. The number of hydrogen-bond acceptors (Lipinski definition) is 2. The van der Waals surface area contributed by atoms with Crippen molar-refractivity contribution < 1.29 is 17.9 Å². The van der Waals surface area contributed by atoms with E-state index in [4.69, 9.17) is 27.9 Å². The van der Waals surface area contributed by atoms with Crippen LogP contribution in [0.25, 0.3) is 5.57 Å². The van der Waals surface area contributed by atoms with Gasteiger partial charge in [-0.2, -0.15) is 13.2 Å². The van der Waals surface area contributed by atoms with Crippen LogP contribution >= 0.6 is 23.2 Å². The summed E-state index contributed by atoms with van der Waals surface area (Å²) in [4.78, 5) is 4.13. The van der Waals surface area contributed by atoms with Crippen LogP contribution in [-0.2, 0) is 10.3 Å². The summed E-state index contributed by atoms with van der Waals surface area (Å²) < 4.78 is 46.8. The SMILES string of the molecule is Cc1ccnc(C2=CC(c3cc(Cl)cc(Cl)c3)(C(F)(F)F)OC2)c1. The Morgan fingerprint density at radius 2 is 1.79 bits per heavy atom. The molecule has 1 aliphatic heterocycles. The lowest BCUT2D eigenvalue weighted by atomic mass is 9.91. The molecular weight excluding hydrogens is 362 g/mol. The minimum Gasteiger partial charge on any atom is -0.352 e. The number of ether oxygens (including phenoxy) is 1. The van der Waals surface area contributed by atoms with E-state index in [0.717, 1.165) is 11.6 Å². The van der Waals surface area contributed by atoms with E-state index in [2.05, 4.69) is 4.98 Å². The number of hydrogen-bond donors (Lipinski definition) is 0. The van der Waals surface area contributed by atoms with Gasteiger partial charge >= 0.3 is 6.18 Å². The zero-order valence-corrected chi connectivity index (χ0v) is 14.0. The van der Waals surface area contributed by atoms with Gasteiger partial charge in [0.1, 0.15) is 0 Å². The molecule has 1 aromatic heterocycles. The van der Waals surface area contributed by atoms with Crippen LogP contribution in [-0.4, -0.2) is 17.8 Å². The Hall–Kier alpha value is -1.56.